The van der Waals surface area contributed by atoms with Crippen molar-refractivity contribution in [3.8, 4) is 11.3 Å². The first-order valence-corrected chi connectivity index (χ1v) is 9.63. The predicted molar refractivity (Wildman–Crippen MR) is 105 cm³/mol. The molecule has 0 aliphatic carbocycles. The molecule has 2 aromatic heterocycles. The summed E-state index contributed by atoms with van der Waals surface area (Å²) in [5.74, 6) is 1.73. The Morgan fingerprint density at radius 1 is 1.19 bits per heavy atom. The van der Waals surface area contributed by atoms with Crippen LogP contribution < -0.4 is 5.56 Å². The van der Waals surface area contributed by atoms with E-state index < -0.39 is 0 Å². The summed E-state index contributed by atoms with van der Waals surface area (Å²) in [6, 6.07) is 3.66. The summed E-state index contributed by atoms with van der Waals surface area (Å²) >= 11 is 0. The lowest BCUT2D eigenvalue weighted by atomic mass is 9.94. The highest BCUT2D eigenvalue weighted by Crippen LogP contribution is 2.28. The van der Waals surface area contributed by atoms with E-state index >= 15 is 0 Å². The number of aromatic nitrogens is 3. The molecule has 1 aliphatic heterocycles. The largest absolute Gasteiger partial charge is 0.381 e. The molecule has 0 bridgehead atoms. The van der Waals surface area contributed by atoms with Crippen molar-refractivity contribution in [3.05, 3.63) is 40.7 Å². The van der Waals surface area contributed by atoms with Crippen LogP contribution in [0.1, 0.15) is 59.3 Å². The molecule has 26 heavy (non-hydrogen) atoms. The lowest BCUT2D eigenvalue weighted by Crippen LogP contribution is -2.24. The minimum atomic E-state index is -0.0318. The first-order valence-electron chi connectivity index (χ1n) is 9.63. The highest BCUT2D eigenvalue weighted by Gasteiger charge is 2.24. The molecule has 0 amide bonds. The zero-order chi connectivity index (χ0) is 18.9. The summed E-state index contributed by atoms with van der Waals surface area (Å²) in [6.07, 6.45) is 6.30. The molecule has 3 rings (SSSR count). The average Bonchev–Trinajstić information content (AvgIpc) is 3.00. The average molecular weight is 357 g/mol. The van der Waals surface area contributed by atoms with E-state index in [2.05, 4.69) is 31.5 Å². The van der Waals surface area contributed by atoms with E-state index in [9.17, 15) is 4.79 Å². The molecule has 1 fully saturated rings. The molecule has 2 aromatic rings. The Kier molecular flexibility index (Phi) is 5.37. The van der Waals surface area contributed by atoms with Gasteiger partial charge in [-0.05, 0) is 38.7 Å². The van der Waals surface area contributed by atoms with Gasteiger partial charge < -0.3 is 13.9 Å². The molecule has 3 heterocycles. The first-order chi connectivity index (χ1) is 12.3. The minimum Gasteiger partial charge on any atom is -0.381 e. The van der Waals surface area contributed by atoms with E-state index in [4.69, 9.17) is 9.72 Å². The maximum absolute atomic E-state index is 12.1. The van der Waals surface area contributed by atoms with Crippen molar-refractivity contribution in [1.82, 2.24) is 14.1 Å². The van der Waals surface area contributed by atoms with E-state index in [1.165, 1.54) is 0 Å². The van der Waals surface area contributed by atoms with Crippen LogP contribution in [-0.4, -0.2) is 27.3 Å². The van der Waals surface area contributed by atoms with Crippen molar-refractivity contribution in [2.45, 2.75) is 65.5 Å². The maximum Gasteiger partial charge on any atom is 0.250 e. The smallest absolute Gasteiger partial charge is 0.250 e. The van der Waals surface area contributed by atoms with Crippen LogP contribution in [0, 0.1) is 5.92 Å². The molecule has 0 saturated carbocycles. The van der Waals surface area contributed by atoms with Gasteiger partial charge in [0.25, 0.3) is 5.56 Å². The molecule has 0 N–H and O–H groups in total. The summed E-state index contributed by atoms with van der Waals surface area (Å²) in [7, 11) is 0. The van der Waals surface area contributed by atoms with Crippen molar-refractivity contribution >= 4 is 0 Å². The van der Waals surface area contributed by atoms with Gasteiger partial charge in [0.05, 0.1) is 5.69 Å². The molecule has 0 radical (unpaired) electrons. The predicted octanol–water partition coefficient (Wildman–Crippen LogP) is 4.02. The fraction of sp³-hybridized carbons (Fsp3) is 0.619. The van der Waals surface area contributed by atoms with Gasteiger partial charge in [0, 0.05) is 55.2 Å². The van der Waals surface area contributed by atoms with Crippen LogP contribution >= 0.6 is 0 Å². The lowest BCUT2D eigenvalue weighted by Gasteiger charge is -2.25. The zero-order valence-corrected chi connectivity index (χ0v) is 16.7. The van der Waals surface area contributed by atoms with Crippen molar-refractivity contribution in [1.29, 1.82) is 0 Å². The van der Waals surface area contributed by atoms with Crippen LogP contribution in [0.4, 0.5) is 0 Å². The quantitative estimate of drug-likeness (QED) is 0.830. The van der Waals surface area contributed by atoms with E-state index in [1.54, 1.807) is 10.6 Å². The van der Waals surface area contributed by atoms with E-state index in [0.717, 1.165) is 49.7 Å². The van der Waals surface area contributed by atoms with Crippen molar-refractivity contribution in [2.24, 2.45) is 5.92 Å². The lowest BCUT2D eigenvalue weighted by molar-refractivity contribution is 0.0608. The van der Waals surface area contributed by atoms with E-state index in [0.29, 0.717) is 5.92 Å². The number of hydrogen-bond donors (Lipinski definition) is 0. The monoisotopic (exact) mass is 357 g/mol. The second-order valence-electron chi connectivity index (χ2n) is 8.66. The molecular weight excluding hydrogens is 326 g/mol. The second kappa shape index (κ2) is 7.39. The molecule has 5 nitrogen and oxygen atoms in total. The summed E-state index contributed by atoms with van der Waals surface area (Å²) < 4.78 is 9.58. The zero-order valence-electron chi connectivity index (χ0n) is 16.7. The molecule has 5 heteroatoms. The van der Waals surface area contributed by atoms with Gasteiger partial charge in [-0.15, -0.1) is 0 Å². The van der Waals surface area contributed by atoms with Crippen molar-refractivity contribution < 1.29 is 4.74 Å². The maximum atomic E-state index is 12.1. The van der Waals surface area contributed by atoms with Crippen LogP contribution in [0.3, 0.4) is 0 Å². The molecule has 142 valence electrons. The Morgan fingerprint density at radius 2 is 1.88 bits per heavy atom. The SMILES string of the molecule is CC(C)n1cc(-c2cn(CC3CCOCC3)c(C(C)(C)C)n2)ccc1=O. The van der Waals surface area contributed by atoms with Gasteiger partial charge in [0.2, 0.25) is 0 Å². The topological polar surface area (TPSA) is 49.0 Å². The normalized spacial score (nSPS) is 16.4. The number of hydrogen-bond acceptors (Lipinski definition) is 3. The van der Waals surface area contributed by atoms with Crippen LogP contribution in [0.15, 0.2) is 29.3 Å². The molecule has 0 aromatic carbocycles. The Hall–Kier alpha value is -1.88. The fourth-order valence-corrected chi connectivity index (χ4v) is 3.56. The molecule has 1 saturated heterocycles. The Morgan fingerprint density at radius 3 is 2.50 bits per heavy atom. The van der Waals surface area contributed by atoms with Crippen LogP contribution in [0.5, 0.6) is 0 Å². The van der Waals surface area contributed by atoms with Gasteiger partial charge >= 0.3 is 0 Å². The van der Waals surface area contributed by atoms with Gasteiger partial charge in [0.1, 0.15) is 5.82 Å². The first kappa shape index (κ1) is 18.9. The number of nitrogens with zero attached hydrogens (tertiary/aromatic N) is 3. The standard InChI is InChI=1S/C21H31N3O2/c1-15(2)24-13-17(6-7-19(24)25)18-14-23(20(22-18)21(3,4)5)12-16-8-10-26-11-9-16/h6-7,13-16H,8-12H2,1-5H3. The van der Waals surface area contributed by atoms with Crippen LogP contribution in [0.2, 0.25) is 0 Å². The number of pyridine rings is 1. The van der Waals surface area contributed by atoms with Crippen molar-refractivity contribution in [3.63, 3.8) is 0 Å². The summed E-state index contributed by atoms with van der Waals surface area (Å²) in [5, 5.41) is 0. The number of imidazole rings is 1. The number of ether oxygens (including phenoxy) is 1. The van der Waals surface area contributed by atoms with Gasteiger partial charge in [-0.25, -0.2) is 4.98 Å². The van der Waals surface area contributed by atoms with E-state index in [-0.39, 0.29) is 17.0 Å². The fourth-order valence-electron chi connectivity index (χ4n) is 3.56. The molecule has 0 spiro atoms. The molecule has 0 unspecified atom stereocenters. The minimum absolute atomic E-state index is 0.0291. The van der Waals surface area contributed by atoms with Gasteiger partial charge in [0.15, 0.2) is 0 Å². The van der Waals surface area contributed by atoms with Gasteiger partial charge in [-0.1, -0.05) is 20.8 Å². The van der Waals surface area contributed by atoms with Crippen molar-refractivity contribution in [2.75, 3.05) is 13.2 Å². The van der Waals surface area contributed by atoms with Crippen LogP contribution in [0.25, 0.3) is 11.3 Å². The number of rotatable bonds is 4. The Balaban J connectivity index is 1.98. The van der Waals surface area contributed by atoms with E-state index in [1.807, 2.05) is 26.1 Å². The molecular formula is C21H31N3O2. The second-order valence-corrected chi connectivity index (χ2v) is 8.66. The molecule has 1 aliphatic rings. The summed E-state index contributed by atoms with van der Waals surface area (Å²) in [5.41, 5.74) is 1.93. The third-order valence-electron chi connectivity index (χ3n) is 5.03. The Labute approximate surface area is 156 Å². The summed E-state index contributed by atoms with van der Waals surface area (Å²) in [6.45, 7) is 13.3. The van der Waals surface area contributed by atoms with Gasteiger partial charge in [-0.2, -0.15) is 0 Å². The van der Waals surface area contributed by atoms with Crippen LogP contribution in [-0.2, 0) is 16.7 Å². The highest BCUT2D eigenvalue weighted by atomic mass is 16.5. The third kappa shape index (κ3) is 4.09. The summed E-state index contributed by atoms with van der Waals surface area (Å²) in [4.78, 5) is 17.0. The molecule has 0 atom stereocenters. The Bertz CT molecular complexity index is 805. The highest BCUT2D eigenvalue weighted by molar-refractivity contribution is 5.57. The van der Waals surface area contributed by atoms with Gasteiger partial charge in [-0.3, -0.25) is 4.79 Å². The third-order valence-corrected chi connectivity index (χ3v) is 5.03.